The lowest BCUT2D eigenvalue weighted by atomic mass is 9.41. The van der Waals surface area contributed by atoms with Crippen LogP contribution in [-0.2, 0) is 0 Å². The lowest BCUT2D eigenvalue weighted by Crippen LogP contribution is -2.55. The molecule has 0 saturated heterocycles. The van der Waals surface area contributed by atoms with Gasteiger partial charge in [0.25, 0.3) is 0 Å². The van der Waals surface area contributed by atoms with Gasteiger partial charge in [-0.15, -0.1) is 0 Å². The van der Waals surface area contributed by atoms with Gasteiger partial charge in [-0.1, -0.05) is 47.5 Å². The van der Waals surface area contributed by atoms with E-state index in [1.54, 1.807) is 0 Å². The minimum atomic E-state index is 0.623. The molecule has 3 fully saturated rings. The Balaban J connectivity index is 1.90. The SMILES string of the molecule is CC1CCC2CC3(C)CC(C)CCC3(C)C(C)C2C1. The zero-order valence-corrected chi connectivity index (χ0v) is 13.8. The molecule has 0 aromatic heterocycles. The molecular weight excluding hydrogens is 228 g/mol. The standard InChI is InChI=1S/C19H34/c1-13-6-7-16-12-18(4)11-14(2)8-9-19(18,5)15(3)17(16)10-13/h13-17H,6-12H2,1-5H3. The lowest BCUT2D eigenvalue weighted by molar-refractivity contribution is -0.145. The molecule has 0 amide bonds. The van der Waals surface area contributed by atoms with Crippen LogP contribution in [-0.4, -0.2) is 0 Å². The van der Waals surface area contributed by atoms with Gasteiger partial charge in [0.1, 0.15) is 0 Å². The summed E-state index contributed by atoms with van der Waals surface area (Å²) in [6, 6.07) is 0. The molecule has 7 unspecified atom stereocenters. The molecule has 3 aliphatic rings. The van der Waals surface area contributed by atoms with E-state index in [0.717, 1.165) is 29.6 Å². The summed E-state index contributed by atoms with van der Waals surface area (Å²) in [4.78, 5) is 0. The van der Waals surface area contributed by atoms with Crippen LogP contribution in [0.5, 0.6) is 0 Å². The van der Waals surface area contributed by atoms with Crippen LogP contribution in [0.1, 0.15) is 79.6 Å². The van der Waals surface area contributed by atoms with E-state index in [1.165, 1.54) is 44.9 Å². The Kier molecular flexibility index (Phi) is 3.31. The molecule has 0 aromatic carbocycles. The summed E-state index contributed by atoms with van der Waals surface area (Å²) in [6.07, 6.45) is 10.5. The quantitative estimate of drug-likeness (QED) is 0.509. The monoisotopic (exact) mass is 262 g/mol. The molecular formula is C19H34. The van der Waals surface area contributed by atoms with E-state index in [-0.39, 0.29) is 0 Å². The van der Waals surface area contributed by atoms with Crippen molar-refractivity contribution in [2.45, 2.75) is 79.6 Å². The summed E-state index contributed by atoms with van der Waals surface area (Å²) in [6.45, 7) is 12.9. The summed E-state index contributed by atoms with van der Waals surface area (Å²) < 4.78 is 0. The molecule has 0 aromatic rings. The minimum Gasteiger partial charge on any atom is -0.0625 e. The Hall–Kier alpha value is 0. The van der Waals surface area contributed by atoms with Crippen molar-refractivity contribution in [1.82, 2.24) is 0 Å². The molecule has 0 aliphatic heterocycles. The highest BCUT2D eigenvalue weighted by Crippen LogP contribution is 2.66. The smallest absolute Gasteiger partial charge is 0.0243 e. The molecule has 0 spiro atoms. The first-order valence-corrected chi connectivity index (χ1v) is 8.86. The third kappa shape index (κ3) is 2.00. The molecule has 0 nitrogen and oxygen atoms in total. The highest BCUT2D eigenvalue weighted by molar-refractivity contribution is 5.07. The van der Waals surface area contributed by atoms with Crippen molar-refractivity contribution in [2.75, 3.05) is 0 Å². The Morgan fingerprint density at radius 3 is 2.32 bits per heavy atom. The topological polar surface area (TPSA) is 0 Å². The van der Waals surface area contributed by atoms with Crippen molar-refractivity contribution in [3.63, 3.8) is 0 Å². The van der Waals surface area contributed by atoms with Crippen LogP contribution in [0.4, 0.5) is 0 Å². The molecule has 0 heterocycles. The van der Waals surface area contributed by atoms with Crippen LogP contribution in [0.15, 0.2) is 0 Å². The molecule has 0 heteroatoms. The summed E-state index contributed by atoms with van der Waals surface area (Å²) in [5, 5.41) is 0. The van der Waals surface area contributed by atoms with Crippen LogP contribution < -0.4 is 0 Å². The average Bonchev–Trinajstić information content (AvgIpc) is 2.34. The average molecular weight is 262 g/mol. The van der Waals surface area contributed by atoms with Crippen LogP contribution in [0.25, 0.3) is 0 Å². The number of hydrogen-bond donors (Lipinski definition) is 0. The van der Waals surface area contributed by atoms with Gasteiger partial charge >= 0.3 is 0 Å². The van der Waals surface area contributed by atoms with E-state index in [1.807, 2.05) is 0 Å². The zero-order chi connectivity index (χ0) is 13.8. The summed E-state index contributed by atoms with van der Waals surface area (Å²) in [5.74, 6) is 4.99. The van der Waals surface area contributed by atoms with Gasteiger partial charge in [-0.25, -0.2) is 0 Å². The molecule has 3 aliphatic carbocycles. The van der Waals surface area contributed by atoms with E-state index < -0.39 is 0 Å². The predicted octanol–water partition coefficient (Wildman–Crippen LogP) is 5.91. The number of rotatable bonds is 0. The largest absolute Gasteiger partial charge is 0.0625 e. The van der Waals surface area contributed by atoms with Gasteiger partial charge in [-0.05, 0) is 72.5 Å². The van der Waals surface area contributed by atoms with Gasteiger partial charge in [0, 0.05) is 0 Å². The van der Waals surface area contributed by atoms with Gasteiger partial charge in [0.2, 0.25) is 0 Å². The van der Waals surface area contributed by atoms with E-state index >= 15 is 0 Å². The minimum absolute atomic E-state index is 0.623. The molecule has 3 rings (SSSR count). The van der Waals surface area contributed by atoms with Gasteiger partial charge in [0.05, 0.1) is 0 Å². The van der Waals surface area contributed by atoms with Crippen molar-refractivity contribution >= 4 is 0 Å². The van der Waals surface area contributed by atoms with Crippen molar-refractivity contribution in [1.29, 1.82) is 0 Å². The van der Waals surface area contributed by atoms with Crippen LogP contribution in [0, 0.1) is 40.4 Å². The molecule has 0 radical (unpaired) electrons. The van der Waals surface area contributed by atoms with Crippen LogP contribution >= 0.6 is 0 Å². The first kappa shape index (κ1) is 14.0. The Morgan fingerprint density at radius 1 is 0.842 bits per heavy atom. The third-order valence-corrected chi connectivity index (χ3v) is 8.00. The molecule has 110 valence electrons. The number of fused-ring (bicyclic) bond motifs is 2. The van der Waals surface area contributed by atoms with Gasteiger partial charge in [0.15, 0.2) is 0 Å². The second kappa shape index (κ2) is 4.50. The van der Waals surface area contributed by atoms with Gasteiger partial charge in [-0.3, -0.25) is 0 Å². The molecule has 7 atom stereocenters. The van der Waals surface area contributed by atoms with Crippen molar-refractivity contribution in [2.24, 2.45) is 40.4 Å². The first-order chi connectivity index (χ1) is 8.86. The second-order valence-electron chi connectivity index (χ2n) is 9.16. The normalized spacial score (nSPS) is 58.3. The fourth-order valence-electron chi connectivity index (χ4n) is 6.45. The Labute approximate surface area is 120 Å². The van der Waals surface area contributed by atoms with E-state index in [4.69, 9.17) is 0 Å². The van der Waals surface area contributed by atoms with Crippen LogP contribution in [0.2, 0.25) is 0 Å². The zero-order valence-electron chi connectivity index (χ0n) is 13.8. The van der Waals surface area contributed by atoms with Crippen LogP contribution in [0.3, 0.4) is 0 Å². The van der Waals surface area contributed by atoms with Crippen molar-refractivity contribution in [3.05, 3.63) is 0 Å². The summed E-state index contributed by atoms with van der Waals surface area (Å²) in [7, 11) is 0. The van der Waals surface area contributed by atoms with Gasteiger partial charge in [-0.2, -0.15) is 0 Å². The van der Waals surface area contributed by atoms with E-state index in [0.29, 0.717) is 10.8 Å². The highest BCUT2D eigenvalue weighted by atomic mass is 14.6. The molecule has 0 bridgehead atoms. The molecule has 19 heavy (non-hydrogen) atoms. The maximum Gasteiger partial charge on any atom is -0.0243 e. The maximum absolute atomic E-state index is 2.65. The first-order valence-electron chi connectivity index (χ1n) is 8.86. The summed E-state index contributed by atoms with van der Waals surface area (Å²) >= 11 is 0. The maximum atomic E-state index is 2.65. The fourth-order valence-corrected chi connectivity index (χ4v) is 6.45. The lowest BCUT2D eigenvalue weighted by Gasteiger charge is -2.64. The Bertz CT molecular complexity index is 346. The van der Waals surface area contributed by atoms with E-state index in [2.05, 4.69) is 34.6 Å². The molecule has 0 N–H and O–H groups in total. The van der Waals surface area contributed by atoms with Gasteiger partial charge < -0.3 is 0 Å². The second-order valence-corrected chi connectivity index (χ2v) is 9.16. The van der Waals surface area contributed by atoms with Crippen molar-refractivity contribution in [3.8, 4) is 0 Å². The number of hydrogen-bond acceptors (Lipinski definition) is 0. The Morgan fingerprint density at radius 2 is 1.58 bits per heavy atom. The molecule has 3 saturated carbocycles. The fraction of sp³-hybridized carbons (Fsp3) is 1.00. The third-order valence-electron chi connectivity index (χ3n) is 8.00. The predicted molar refractivity (Wildman–Crippen MR) is 83.0 cm³/mol. The van der Waals surface area contributed by atoms with E-state index in [9.17, 15) is 0 Å². The van der Waals surface area contributed by atoms with Crippen molar-refractivity contribution < 1.29 is 0 Å². The highest BCUT2D eigenvalue weighted by Gasteiger charge is 2.58. The summed E-state index contributed by atoms with van der Waals surface area (Å²) in [5.41, 5.74) is 1.25.